The Bertz CT molecular complexity index is 2010. The molecular formula is C32H25BrCl2N4O6. The van der Waals surface area contributed by atoms with Crippen LogP contribution in [0.3, 0.4) is 0 Å². The number of aromatic nitrogens is 3. The molecule has 3 heterocycles. The maximum atomic E-state index is 14.0. The number of hydrogen-bond acceptors (Lipinski definition) is 6. The van der Waals surface area contributed by atoms with Crippen molar-refractivity contribution in [1.29, 1.82) is 0 Å². The number of nitrogens with zero attached hydrogens (tertiary/aromatic N) is 4. The number of fused-ring (bicyclic) bond motifs is 4. The number of carbonyl (C=O) groups is 2. The lowest BCUT2D eigenvalue weighted by atomic mass is 9.64. The van der Waals surface area contributed by atoms with Crippen LogP contribution in [0, 0.1) is 0 Å². The van der Waals surface area contributed by atoms with Gasteiger partial charge in [-0.3, -0.25) is 14.5 Å². The highest BCUT2D eigenvalue weighted by molar-refractivity contribution is 9.09. The Labute approximate surface area is 274 Å². The van der Waals surface area contributed by atoms with E-state index < -0.39 is 44.9 Å². The van der Waals surface area contributed by atoms with Crippen LogP contribution in [0.2, 0.25) is 0 Å². The summed E-state index contributed by atoms with van der Waals surface area (Å²) in [5.74, 6) is -2.48. The molecule has 10 nitrogen and oxygen atoms in total. The number of hydrogen-bond donors (Lipinski definition) is 1. The maximum Gasteiger partial charge on any atom is 0.352 e. The molecule has 1 saturated carbocycles. The van der Waals surface area contributed by atoms with Crippen molar-refractivity contribution >= 4 is 50.9 Å². The molecule has 45 heavy (non-hydrogen) atoms. The van der Waals surface area contributed by atoms with Crippen LogP contribution in [0.25, 0.3) is 5.69 Å². The Balaban J connectivity index is 1.37. The highest BCUT2D eigenvalue weighted by Crippen LogP contribution is 2.64. The number of imide groups is 1. The fraction of sp³-hybridized carbons (Fsp3) is 0.250. The third-order valence-electron chi connectivity index (χ3n) is 8.86. The van der Waals surface area contributed by atoms with Crippen LogP contribution < -0.4 is 16.1 Å². The Morgan fingerprint density at radius 3 is 2.27 bits per heavy atom. The second kappa shape index (κ2) is 10.8. The highest BCUT2D eigenvalue weighted by Gasteiger charge is 2.75. The van der Waals surface area contributed by atoms with Crippen LogP contribution in [0.15, 0.2) is 100 Å². The number of phenols is 1. The summed E-state index contributed by atoms with van der Waals surface area (Å²) in [7, 11) is 0. The number of phenolic OH excluding ortho intramolecular Hbond substituents is 1. The average Bonchev–Trinajstić information content (AvgIpc) is 3.39. The molecule has 1 aromatic heterocycles. The zero-order valence-corrected chi connectivity index (χ0v) is 26.6. The summed E-state index contributed by atoms with van der Waals surface area (Å²) in [4.78, 5) is 52.1. The first-order valence-corrected chi connectivity index (χ1v) is 16.0. The smallest absolute Gasteiger partial charge is 0.352 e. The number of rotatable bonds is 6. The number of para-hydroxylation sites is 1. The molecule has 4 atom stereocenters. The molecular weight excluding hydrogens is 687 g/mol. The van der Waals surface area contributed by atoms with Gasteiger partial charge in [0, 0.05) is 24.0 Å². The van der Waals surface area contributed by atoms with Gasteiger partial charge in [-0.05, 0) is 29.3 Å². The summed E-state index contributed by atoms with van der Waals surface area (Å²) in [5.41, 5.74) is 0.663. The molecule has 2 amide bonds. The Kier molecular flexibility index (Phi) is 7.10. The van der Waals surface area contributed by atoms with Gasteiger partial charge < -0.3 is 9.84 Å². The first-order valence-electron chi connectivity index (χ1n) is 14.1. The van der Waals surface area contributed by atoms with Crippen molar-refractivity contribution in [3.8, 4) is 17.2 Å². The van der Waals surface area contributed by atoms with Crippen molar-refractivity contribution in [2.45, 2.75) is 41.3 Å². The predicted octanol–water partition coefficient (Wildman–Crippen LogP) is 4.43. The number of amides is 2. The molecule has 13 heteroatoms. The molecule has 4 aromatic rings. The van der Waals surface area contributed by atoms with Gasteiger partial charge >= 0.3 is 11.4 Å². The lowest BCUT2D eigenvalue weighted by molar-refractivity contribution is -0.138. The van der Waals surface area contributed by atoms with Gasteiger partial charge in [0.05, 0.1) is 23.7 Å². The minimum absolute atomic E-state index is 0.0121. The summed E-state index contributed by atoms with van der Waals surface area (Å²) in [5, 5.41) is 11.4. The van der Waals surface area contributed by atoms with E-state index in [-0.39, 0.29) is 36.3 Å². The SMILES string of the molecule is O=C1N(CBr)C(=O)C2(Cl)C(c3ccc(OCc4ccccc4)cc3O)C3=CCn4c(=O)n(-c5ccccc5)c(=O)n4C3CC12Cl. The van der Waals surface area contributed by atoms with Crippen LogP contribution in [0.1, 0.15) is 29.5 Å². The summed E-state index contributed by atoms with van der Waals surface area (Å²) in [6.07, 6.45) is 1.48. The standard InChI is InChI=1S/C32H25BrCl2N4O6/c33-18-36-27(41)31(34)16-24-22(13-14-37-29(43)38(30(44)39(24)37)20-9-5-2-6-10-20)26(32(31,35)28(36)42)23-12-11-21(15-25(23)40)45-17-19-7-3-1-4-8-19/h1-13,15,24,26,40H,14,16-18H2. The number of likely N-dealkylation sites (tertiary alicyclic amines) is 1. The minimum Gasteiger partial charge on any atom is -0.508 e. The van der Waals surface area contributed by atoms with E-state index in [0.717, 1.165) is 15.0 Å². The number of allylic oxidation sites excluding steroid dienone is 2. The molecule has 1 aliphatic carbocycles. The van der Waals surface area contributed by atoms with E-state index >= 15 is 0 Å². The fourth-order valence-corrected chi connectivity index (χ4v) is 8.15. The molecule has 2 fully saturated rings. The Hall–Kier alpha value is -4.06. The van der Waals surface area contributed by atoms with Crippen molar-refractivity contribution < 1.29 is 19.4 Å². The van der Waals surface area contributed by atoms with Gasteiger partial charge in [-0.15, -0.1) is 23.2 Å². The molecule has 1 N–H and O–H groups in total. The monoisotopic (exact) mass is 710 g/mol. The number of halogens is 3. The van der Waals surface area contributed by atoms with Crippen LogP contribution in [-0.4, -0.2) is 51.0 Å². The van der Waals surface area contributed by atoms with Crippen LogP contribution in [0.5, 0.6) is 11.5 Å². The molecule has 0 radical (unpaired) electrons. The van der Waals surface area contributed by atoms with Crippen LogP contribution in [-0.2, 0) is 22.7 Å². The van der Waals surface area contributed by atoms with Crippen LogP contribution >= 0.6 is 39.1 Å². The van der Waals surface area contributed by atoms with Gasteiger partial charge in [0.1, 0.15) is 18.1 Å². The lowest BCUT2D eigenvalue weighted by Crippen LogP contribution is -2.59. The normalized spacial score (nSPS) is 25.4. The van der Waals surface area contributed by atoms with Gasteiger partial charge in [-0.2, -0.15) is 0 Å². The largest absolute Gasteiger partial charge is 0.508 e. The quantitative estimate of drug-likeness (QED) is 0.137. The lowest BCUT2D eigenvalue weighted by Gasteiger charge is -2.49. The Morgan fingerprint density at radius 2 is 1.60 bits per heavy atom. The van der Waals surface area contributed by atoms with Crippen LogP contribution in [0.4, 0.5) is 0 Å². The highest BCUT2D eigenvalue weighted by atomic mass is 79.9. The number of ether oxygens (including phenoxy) is 1. The zero-order valence-electron chi connectivity index (χ0n) is 23.5. The van der Waals surface area contributed by atoms with Crippen molar-refractivity contribution in [2.75, 3.05) is 5.45 Å². The summed E-state index contributed by atoms with van der Waals surface area (Å²) in [6.45, 7) is 0.244. The second-order valence-corrected chi connectivity index (χ2v) is 12.9. The Morgan fingerprint density at radius 1 is 0.911 bits per heavy atom. The van der Waals surface area contributed by atoms with Gasteiger partial charge in [0.15, 0.2) is 9.75 Å². The minimum atomic E-state index is -2.06. The van der Waals surface area contributed by atoms with E-state index in [9.17, 15) is 24.3 Å². The van der Waals surface area contributed by atoms with E-state index in [1.165, 1.54) is 15.4 Å². The van der Waals surface area contributed by atoms with E-state index in [2.05, 4.69) is 15.9 Å². The summed E-state index contributed by atoms with van der Waals surface area (Å²) >= 11 is 17.7. The van der Waals surface area contributed by atoms with E-state index in [1.54, 1.807) is 48.5 Å². The first-order chi connectivity index (χ1) is 21.6. The average molecular weight is 712 g/mol. The molecule has 0 spiro atoms. The van der Waals surface area contributed by atoms with Gasteiger partial charge in [-0.1, -0.05) is 76.6 Å². The summed E-state index contributed by atoms with van der Waals surface area (Å²) in [6, 6.07) is 21.7. The molecule has 1 saturated heterocycles. The van der Waals surface area contributed by atoms with Gasteiger partial charge in [0.25, 0.3) is 11.8 Å². The van der Waals surface area contributed by atoms with Gasteiger partial charge in [-0.25, -0.2) is 23.5 Å². The molecule has 7 rings (SSSR count). The topological polar surface area (TPSA) is 116 Å². The van der Waals surface area contributed by atoms with Crippen molar-refractivity contribution in [3.63, 3.8) is 0 Å². The number of carbonyl (C=O) groups excluding carboxylic acids is 2. The number of benzene rings is 3. The molecule has 3 aromatic carbocycles. The van der Waals surface area contributed by atoms with E-state index in [4.69, 9.17) is 27.9 Å². The third kappa shape index (κ3) is 4.20. The molecule has 230 valence electrons. The first kappa shape index (κ1) is 29.6. The maximum absolute atomic E-state index is 14.0. The molecule has 2 aliphatic heterocycles. The van der Waals surface area contributed by atoms with E-state index in [1.807, 2.05) is 30.3 Å². The molecule has 0 bridgehead atoms. The predicted molar refractivity (Wildman–Crippen MR) is 170 cm³/mol. The summed E-state index contributed by atoms with van der Waals surface area (Å²) < 4.78 is 9.51. The van der Waals surface area contributed by atoms with E-state index in [0.29, 0.717) is 17.0 Å². The van der Waals surface area contributed by atoms with Crippen molar-refractivity contribution in [2.24, 2.45) is 0 Å². The van der Waals surface area contributed by atoms with Gasteiger partial charge in [0.2, 0.25) is 0 Å². The third-order valence-corrected chi connectivity index (χ3v) is 10.8. The zero-order chi connectivity index (χ0) is 31.7. The molecule has 4 unspecified atom stereocenters. The van der Waals surface area contributed by atoms with Crippen molar-refractivity contribution in [1.82, 2.24) is 18.8 Å². The fourth-order valence-electron chi connectivity index (χ4n) is 6.76. The number of aromatic hydroxyl groups is 1. The second-order valence-electron chi connectivity index (χ2n) is 11.2. The number of alkyl halides is 3. The van der Waals surface area contributed by atoms with Crippen molar-refractivity contribution in [3.05, 3.63) is 123 Å². The molecule has 3 aliphatic rings.